The van der Waals surface area contributed by atoms with Crippen molar-refractivity contribution in [3.05, 3.63) is 0 Å². The van der Waals surface area contributed by atoms with Crippen LogP contribution in [0.1, 0.15) is 52.9 Å². The molecule has 0 saturated carbocycles. The lowest BCUT2D eigenvalue weighted by Gasteiger charge is -2.40. The largest absolute Gasteiger partial charge is 0.342 e. The smallest absolute Gasteiger partial charge is 0.246 e. The predicted molar refractivity (Wildman–Crippen MR) is 89.4 cm³/mol. The van der Waals surface area contributed by atoms with Crippen molar-refractivity contribution in [3.8, 4) is 0 Å². The molecule has 0 spiro atoms. The number of carbonyl (C=O) groups excluding carboxylic acids is 2. The Labute approximate surface area is 133 Å². The van der Waals surface area contributed by atoms with E-state index in [1.54, 1.807) is 0 Å². The highest BCUT2D eigenvalue weighted by Gasteiger charge is 2.40. The lowest BCUT2D eigenvalue weighted by atomic mass is 9.93. The third kappa shape index (κ3) is 4.90. The van der Waals surface area contributed by atoms with E-state index >= 15 is 0 Å². The number of hydrogen-bond acceptors (Lipinski definition) is 3. The lowest BCUT2D eigenvalue weighted by molar-refractivity contribution is -0.151. The fourth-order valence-corrected chi connectivity index (χ4v) is 3.28. The summed E-state index contributed by atoms with van der Waals surface area (Å²) in [4.78, 5) is 26.7. The molecule has 0 aromatic rings. The molecule has 1 heterocycles. The quantitative estimate of drug-likeness (QED) is 0.666. The zero-order valence-corrected chi connectivity index (χ0v) is 14.7. The molecule has 21 heavy (non-hydrogen) atoms. The zero-order valence-electron chi connectivity index (χ0n) is 13.9. The summed E-state index contributed by atoms with van der Waals surface area (Å²) in [6, 6.07) is -0.616. The molecule has 122 valence electrons. The second-order valence-electron chi connectivity index (χ2n) is 5.88. The van der Waals surface area contributed by atoms with Gasteiger partial charge in [0.15, 0.2) is 0 Å². The van der Waals surface area contributed by atoms with Crippen molar-refractivity contribution in [2.24, 2.45) is 5.92 Å². The average molecular weight is 314 g/mol. The first-order valence-corrected chi connectivity index (χ1v) is 9.55. The minimum absolute atomic E-state index is 0.0199. The Balaban J connectivity index is 2.65. The molecular formula is C16H30N2O2S. The highest BCUT2D eigenvalue weighted by molar-refractivity contribution is 7.98. The van der Waals surface area contributed by atoms with E-state index in [-0.39, 0.29) is 29.8 Å². The second kappa shape index (κ2) is 9.34. The van der Waals surface area contributed by atoms with Gasteiger partial charge in [-0.2, -0.15) is 11.8 Å². The number of amides is 2. The van der Waals surface area contributed by atoms with Crippen molar-refractivity contribution < 1.29 is 9.59 Å². The third-order valence-corrected chi connectivity index (χ3v) is 5.07. The van der Waals surface area contributed by atoms with E-state index in [2.05, 4.69) is 18.5 Å². The molecule has 0 radical (unpaired) electrons. The first-order chi connectivity index (χ1) is 10.1. The van der Waals surface area contributed by atoms with Crippen LogP contribution in [0.3, 0.4) is 0 Å². The zero-order chi connectivity index (χ0) is 15.8. The first-order valence-electron chi connectivity index (χ1n) is 8.16. The number of thioether (sulfide) groups is 1. The Hall–Kier alpha value is -0.710. The maximum absolute atomic E-state index is 12.7. The minimum Gasteiger partial charge on any atom is -0.342 e. The molecule has 3 atom stereocenters. The number of hydrogen-bond donors (Lipinski definition) is 1. The molecule has 4 nitrogen and oxygen atoms in total. The van der Waals surface area contributed by atoms with Crippen LogP contribution < -0.4 is 5.32 Å². The van der Waals surface area contributed by atoms with Gasteiger partial charge >= 0.3 is 0 Å². The molecule has 0 aromatic carbocycles. The van der Waals surface area contributed by atoms with Gasteiger partial charge in [-0.25, -0.2) is 0 Å². The summed E-state index contributed by atoms with van der Waals surface area (Å²) in [5, 5.41) is 2.93. The first kappa shape index (κ1) is 18.3. The van der Waals surface area contributed by atoms with Crippen LogP contribution in [0.25, 0.3) is 0 Å². The Morgan fingerprint density at radius 2 is 1.95 bits per heavy atom. The summed E-state index contributed by atoms with van der Waals surface area (Å²) in [7, 11) is 0. The normalized spacial score (nSPS) is 24.1. The van der Waals surface area contributed by atoms with E-state index in [0.29, 0.717) is 13.0 Å². The molecule has 2 amide bonds. The van der Waals surface area contributed by atoms with Gasteiger partial charge in [-0.3, -0.25) is 9.59 Å². The van der Waals surface area contributed by atoms with Gasteiger partial charge in [0, 0.05) is 6.54 Å². The van der Waals surface area contributed by atoms with Gasteiger partial charge in [-0.15, -0.1) is 0 Å². The van der Waals surface area contributed by atoms with Gasteiger partial charge in [-0.1, -0.05) is 33.6 Å². The molecule has 1 aliphatic heterocycles. The van der Waals surface area contributed by atoms with Crippen LogP contribution in [0, 0.1) is 5.92 Å². The Morgan fingerprint density at radius 1 is 1.24 bits per heavy atom. The van der Waals surface area contributed by atoms with Gasteiger partial charge in [0.05, 0.1) is 0 Å². The Kier molecular flexibility index (Phi) is 8.15. The maximum atomic E-state index is 12.7. The average Bonchev–Trinajstić information content (AvgIpc) is 2.49. The Morgan fingerprint density at radius 3 is 2.52 bits per heavy atom. The molecule has 0 bridgehead atoms. The fourth-order valence-electron chi connectivity index (χ4n) is 2.78. The van der Waals surface area contributed by atoms with Crippen molar-refractivity contribution in [2.75, 3.05) is 18.6 Å². The molecule has 3 unspecified atom stereocenters. The molecule has 1 N–H and O–H groups in total. The van der Waals surface area contributed by atoms with Crippen molar-refractivity contribution >= 4 is 23.6 Å². The maximum Gasteiger partial charge on any atom is 0.246 e. The molecule has 0 aromatic heterocycles. The minimum atomic E-state index is -0.337. The van der Waals surface area contributed by atoms with Gasteiger partial charge in [0.1, 0.15) is 12.1 Å². The summed E-state index contributed by atoms with van der Waals surface area (Å²) in [6.07, 6.45) is 6.99. The third-order valence-electron chi connectivity index (χ3n) is 4.37. The fraction of sp³-hybridized carbons (Fsp3) is 0.875. The number of rotatable bonds is 9. The number of nitrogens with zero attached hydrogens (tertiary/aromatic N) is 1. The highest BCUT2D eigenvalue weighted by atomic mass is 32.2. The van der Waals surface area contributed by atoms with Crippen LogP contribution in [0.15, 0.2) is 0 Å². The molecule has 1 aliphatic rings. The van der Waals surface area contributed by atoms with Gasteiger partial charge in [-0.05, 0) is 37.2 Å². The highest BCUT2D eigenvalue weighted by Crippen LogP contribution is 2.20. The summed E-state index contributed by atoms with van der Waals surface area (Å²) < 4.78 is 0. The number of nitrogens with one attached hydrogen (secondary N) is 1. The van der Waals surface area contributed by atoms with Crippen molar-refractivity contribution in [1.29, 1.82) is 0 Å². The molecule has 5 heteroatoms. The van der Waals surface area contributed by atoms with Crippen molar-refractivity contribution in [1.82, 2.24) is 10.2 Å². The Bertz CT molecular complexity index is 349. The van der Waals surface area contributed by atoms with E-state index in [0.717, 1.165) is 19.3 Å². The van der Waals surface area contributed by atoms with Crippen molar-refractivity contribution in [3.63, 3.8) is 0 Å². The van der Waals surface area contributed by atoms with Crippen LogP contribution in [0.4, 0.5) is 0 Å². The summed E-state index contributed by atoms with van der Waals surface area (Å²) in [5.41, 5.74) is 0. The summed E-state index contributed by atoms with van der Waals surface area (Å²) in [6.45, 7) is 6.78. The topological polar surface area (TPSA) is 49.4 Å². The lowest BCUT2D eigenvalue weighted by Crippen LogP contribution is -2.64. The van der Waals surface area contributed by atoms with E-state index in [9.17, 15) is 9.59 Å². The van der Waals surface area contributed by atoms with Gasteiger partial charge in [0.2, 0.25) is 11.8 Å². The van der Waals surface area contributed by atoms with Crippen molar-refractivity contribution in [2.45, 2.75) is 65.0 Å². The number of piperazine rings is 1. The van der Waals surface area contributed by atoms with Crippen LogP contribution in [0.5, 0.6) is 0 Å². The monoisotopic (exact) mass is 314 g/mol. The number of carbonyl (C=O) groups is 2. The summed E-state index contributed by atoms with van der Waals surface area (Å²) >= 11 is 1.86. The van der Waals surface area contributed by atoms with E-state index < -0.39 is 0 Å². The van der Waals surface area contributed by atoms with Gasteiger partial charge in [0.25, 0.3) is 0 Å². The van der Waals surface area contributed by atoms with E-state index in [1.807, 2.05) is 30.5 Å². The van der Waals surface area contributed by atoms with E-state index in [1.165, 1.54) is 12.2 Å². The van der Waals surface area contributed by atoms with E-state index in [4.69, 9.17) is 0 Å². The van der Waals surface area contributed by atoms with Crippen LogP contribution in [0.2, 0.25) is 0 Å². The standard InChI is InChI=1S/C16H30N2O2S/c1-5-12(3)14-16(20)18(10-8-7-9-11-21-4)13(6-2)15(19)17-14/h12-14H,5-11H2,1-4H3,(H,17,19). The van der Waals surface area contributed by atoms with Crippen LogP contribution >= 0.6 is 11.8 Å². The predicted octanol–water partition coefficient (Wildman–Crippen LogP) is 2.67. The molecule has 1 fully saturated rings. The SMILES string of the molecule is CCC(C)C1NC(=O)C(CC)N(CCCCCSC)C1=O. The summed E-state index contributed by atoms with van der Waals surface area (Å²) in [5.74, 6) is 1.49. The van der Waals surface area contributed by atoms with Crippen LogP contribution in [-0.2, 0) is 9.59 Å². The molecule has 0 aliphatic carbocycles. The van der Waals surface area contributed by atoms with Crippen LogP contribution in [-0.4, -0.2) is 47.4 Å². The molecular weight excluding hydrogens is 284 g/mol. The van der Waals surface area contributed by atoms with Gasteiger partial charge < -0.3 is 10.2 Å². The number of unbranched alkanes of at least 4 members (excludes halogenated alkanes) is 2. The molecule has 1 saturated heterocycles. The molecule has 1 rings (SSSR count). The second-order valence-corrected chi connectivity index (χ2v) is 6.87.